The maximum Gasteiger partial charge on any atom is 0.251 e. The van der Waals surface area contributed by atoms with Crippen molar-refractivity contribution >= 4 is 29.1 Å². The van der Waals surface area contributed by atoms with E-state index < -0.39 is 5.92 Å². The Morgan fingerprint density at radius 1 is 1.04 bits per heavy atom. The van der Waals surface area contributed by atoms with Crippen LogP contribution >= 0.6 is 0 Å². The molecular weight excluding hydrogens is 342 g/mol. The van der Waals surface area contributed by atoms with Gasteiger partial charge in [0.05, 0.1) is 5.92 Å². The molecule has 27 heavy (non-hydrogen) atoms. The Morgan fingerprint density at radius 2 is 1.70 bits per heavy atom. The van der Waals surface area contributed by atoms with Crippen LogP contribution in [-0.4, -0.2) is 30.3 Å². The fraction of sp³-hybridized carbons (Fsp3) is 0.286. The summed E-state index contributed by atoms with van der Waals surface area (Å²) in [4.78, 5) is 38.4. The van der Waals surface area contributed by atoms with Crippen molar-refractivity contribution in [1.82, 2.24) is 5.32 Å². The molecule has 3 amide bonds. The van der Waals surface area contributed by atoms with Crippen molar-refractivity contribution in [2.75, 3.05) is 16.8 Å². The van der Waals surface area contributed by atoms with Crippen molar-refractivity contribution in [3.8, 4) is 0 Å². The molecule has 0 spiro atoms. The number of amides is 3. The molecule has 1 heterocycles. The van der Waals surface area contributed by atoms with E-state index in [-0.39, 0.29) is 30.2 Å². The molecule has 0 saturated carbocycles. The van der Waals surface area contributed by atoms with Crippen LogP contribution in [0, 0.1) is 5.92 Å². The van der Waals surface area contributed by atoms with E-state index in [1.54, 1.807) is 29.2 Å². The SMILES string of the molecule is CC(C)NC(=O)c1ccc(NC(=O)C2CC(=O)N(c3ccccc3)C2)cc1. The first kappa shape index (κ1) is 18.6. The van der Waals surface area contributed by atoms with Gasteiger partial charge in [-0.15, -0.1) is 0 Å². The first-order valence-electron chi connectivity index (χ1n) is 9.01. The lowest BCUT2D eigenvalue weighted by Crippen LogP contribution is -2.30. The second-order valence-corrected chi connectivity index (χ2v) is 6.94. The van der Waals surface area contributed by atoms with E-state index in [1.165, 1.54) is 0 Å². The Morgan fingerprint density at radius 3 is 2.33 bits per heavy atom. The molecule has 0 aromatic heterocycles. The summed E-state index contributed by atoms with van der Waals surface area (Å²) < 4.78 is 0. The summed E-state index contributed by atoms with van der Waals surface area (Å²) in [5.41, 5.74) is 1.94. The fourth-order valence-electron chi connectivity index (χ4n) is 3.04. The zero-order valence-corrected chi connectivity index (χ0v) is 15.4. The van der Waals surface area contributed by atoms with Gasteiger partial charge in [-0.1, -0.05) is 18.2 Å². The van der Waals surface area contributed by atoms with Crippen molar-refractivity contribution < 1.29 is 14.4 Å². The fourth-order valence-corrected chi connectivity index (χ4v) is 3.04. The average Bonchev–Trinajstić information content (AvgIpc) is 3.04. The van der Waals surface area contributed by atoms with Crippen LogP contribution in [0.25, 0.3) is 0 Å². The van der Waals surface area contributed by atoms with Gasteiger partial charge in [-0.25, -0.2) is 0 Å². The highest BCUT2D eigenvalue weighted by Crippen LogP contribution is 2.25. The van der Waals surface area contributed by atoms with E-state index >= 15 is 0 Å². The second-order valence-electron chi connectivity index (χ2n) is 6.94. The molecular formula is C21H23N3O3. The monoisotopic (exact) mass is 365 g/mol. The number of nitrogens with one attached hydrogen (secondary N) is 2. The van der Waals surface area contributed by atoms with Gasteiger partial charge in [0, 0.05) is 35.9 Å². The molecule has 2 aromatic rings. The maximum atomic E-state index is 12.5. The highest BCUT2D eigenvalue weighted by molar-refractivity contribution is 6.03. The van der Waals surface area contributed by atoms with Gasteiger partial charge in [-0.3, -0.25) is 14.4 Å². The van der Waals surface area contributed by atoms with Gasteiger partial charge >= 0.3 is 0 Å². The zero-order valence-electron chi connectivity index (χ0n) is 15.4. The summed E-state index contributed by atoms with van der Waals surface area (Å²) in [6, 6.07) is 16.1. The molecule has 1 fully saturated rings. The quantitative estimate of drug-likeness (QED) is 0.855. The molecule has 140 valence electrons. The lowest BCUT2D eigenvalue weighted by Gasteiger charge is -2.16. The second kappa shape index (κ2) is 8.03. The molecule has 1 aliphatic rings. The van der Waals surface area contributed by atoms with Crippen LogP contribution in [-0.2, 0) is 9.59 Å². The Kier molecular flexibility index (Phi) is 5.54. The number of hydrogen-bond donors (Lipinski definition) is 2. The minimum atomic E-state index is -0.401. The predicted molar refractivity (Wildman–Crippen MR) is 105 cm³/mol. The van der Waals surface area contributed by atoms with Crippen LogP contribution in [0.3, 0.4) is 0 Å². The van der Waals surface area contributed by atoms with Crippen LogP contribution in [0.15, 0.2) is 54.6 Å². The van der Waals surface area contributed by atoms with E-state index in [2.05, 4.69) is 10.6 Å². The summed E-state index contributed by atoms with van der Waals surface area (Å²) in [5.74, 6) is -0.799. The first-order valence-corrected chi connectivity index (χ1v) is 9.01. The van der Waals surface area contributed by atoms with E-state index in [4.69, 9.17) is 0 Å². The van der Waals surface area contributed by atoms with E-state index in [1.807, 2.05) is 44.2 Å². The van der Waals surface area contributed by atoms with Crippen LogP contribution in [0.1, 0.15) is 30.6 Å². The van der Waals surface area contributed by atoms with Crippen molar-refractivity contribution in [3.05, 3.63) is 60.2 Å². The number of rotatable bonds is 5. The third-order valence-corrected chi connectivity index (χ3v) is 4.40. The minimum absolute atomic E-state index is 0.0537. The summed E-state index contributed by atoms with van der Waals surface area (Å²) in [6.07, 6.45) is 0.190. The average molecular weight is 365 g/mol. The molecule has 0 bridgehead atoms. The highest BCUT2D eigenvalue weighted by Gasteiger charge is 2.35. The number of anilines is 2. The molecule has 1 atom stereocenters. The molecule has 2 N–H and O–H groups in total. The van der Waals surface area contributed by atoms with Gasteiger partial charge in [0.1, 0.15) is 0 Å². The molecule has 6 heteroatoms. The summed E-state index contributed by atoms with van der Waals surface area (Å²) in [5, 5.41) is 5.65. The van der Waals surface area contributed by atoms with Crippen LogP contribution < -0.4 is 15.5 Å². The number of benzene rings is 2. The summed E-state index contributed by atoms with van der Waals surface area (Å²) >= 11 is 0. The van der Waals surface area contributed by atoms with Crippen molar-refractivity contribution in [1.29, 1.82) is 0 Å². The Bertz CT molecular complexity index is 832. The molecule has 2 aromatic carbocycles. The maximum absolute atomic E-state index is 12.5. The smallest absolute Gasteiger partial charge is 0.251 e. The topological polar surface area (TPSA) is 78.5 Å². The van der Waals surface area contributed by atoms with E-state index in [0.29, 0.717) is 17.8 Å². The van der Waals surface area contributed by atoms with Gasteiger partial charge in [-0.2, -0.15) is 0 Å². The third kappa shape index (κ3) is 4.53. The predicted octanol–water partition coefficient (Wildman–Crippen LogP) is 2.82. The zero-order chi connectivity index (χ0) is 19.4. The number of nitrogens with zero attached hydrogens (tertiary/aromatic N) is 1. The minimum Gasteiger partial charge on any atom is -0.350 e. The van der Waals surface area contributed by atoms with Crippen LogP contribution in [0.4, 0.5) is 11.4 Å². The Labute approximate surface area is 158 Å². The number of hydrogen-bond acceptors (Lipinski definition) is 3. The van der Waals surface area contributed by atoms with Crippen molar-refractivity contribution in [3.63, 3.8) is 0 Å². The lowest BCUT2D eigenvalue weighted by atomic mass is 10.1. The molecule has 1 unspecified atom stereocenters. The van der Waals surface area contributed by atoms with Crippen LogP contribution in [0.2, 0.25) is 0 Å². The molecule has 1 saturated heterocycles. The highest BCUT2D eigenvalue weighted by atomic mass is 16.2. The first-order chi connectivity index (χ1) is 12.9. The third-order valence-electron chi connectivity index (χ3n) is 4.40. The lowest BCUT2D eigenvalue weighted by molar-refractivity contribution is -0.122. The van der Waals surface area contributed by atoms with Crippen molar-refractivity contribution in [2.45, 2.75) is 26.3 Å². The Hall–Kier alpha value is -3.15. The normalized spacial score (nSPS) is 16.5. The standard InChI is InChI=1S/C21H23N3O3/c1-14(2)22-20(26)15-8-10-17(11-9-15)23-21(27)16-12-19(25)24(13-16)18-6-4-3-5-7-18/h3-11,14,16H,12-13H2,1-2H3,(H,22,26)(H,23,27). The van der Waals surface area contributed by atoms with Gasteiger partial charge in [-0.05, 0) is 50.2 Å². The molecule has 0 aliphatic carbocycles. The van der Waals surface area contributed by atoms with Gasteiger partial charge in [0.2, 0.25) is 11.8 Å². The number of carbonyl (C=O) groups is 3. The number of para-hydroxylation sites is 1. The Balaban J connectivity index is 1.61. The van der Waals surface area contributed by atoms with E-state index in [9.17, 15) is 14.4 Å². The molecule has 3 rings (SSSR count). The summed E-state index contributed by atoms with van der Waals surface area (Å²) in [6.45, 7) is 4.16. The van der Waals surface area contributed by atoms with Gasteiger partial charge in [0.15, 0.2) is 0 Å². The molecule has 6 nitrogen and oxygen atoms in total. The largest absolute Gasteiger partial charge is 0.350 e. The summed E-state index contributed by atoms with van der Waals surface area (Å²) in [7, 11) is 0. The molecule has 0 radical (unpaired) electrons. The number of carbonyl (C=O) groups excluding carboxylic acids is 3. The van der Waals surface area contributed by atoms with Crippen LogP contribution in [0.5, 0.6) is 0 Å². The van der Waals surface area contributed by atoms with Gasteiger partial charge < -0.3 is 15.5 Å². The van der Waals surface area contributed by atoms with Crippen molar-refractivity contribution in [2.24, 2.45) is 5.92 Å². The van der Waals surface area contributed by atoms with E-state index in [0.717, 1.165) is 5.69 Å². The van der Waals surface area contributed by atoms with Gasteiger partial charge in [0.25, 0.3) is 5.91 Å². The molecule has 1 aliphatic heterocycles.